The highest BCUT2D eigenvalue weighted by Gasteiger charge is 2.50. The number of fused-ring (bicyclic) bond motifs is 1. The summed E-state index contributed by atoms with van der Waals surface area (Å²) in [6.45, 7) is 1.03. The van der Waals surface area contributed by atoms with Crippen LogP contribution in [0, 0.1) is 5.82 Å². The molecule has 2 heterocycles. The molecule has 2 fully saturated rings. The maximum absolute atomic E-state index is 13.4. The number of aromatic nitrogens is 1. The number of benzene rings is 1. The van der Waals surface area contributed by atoms with E-state index < -0.39 is 0 Å². The molecule has 1 saturated heterocycles. The average Bonchev–Trinajstić information content (AvgIpc) is 3.10. The highest BCUT2D eigenvalue weighted by Crippen LogP contribution is 2.42. The second kappa shape index (κ2) is 5.06. The molecular weight excluding hydrogens is 349 g/mol. The highest BCUT2D eigenvalue weighted by molar-refractivity contribution is 9.10. The lowest BCUT2D eigenvalue weighted by Crippen LogP contribution is -2.55. The summed E-state index contributed by atoms with van der Waals surface area (Å²) in [4.78, 5) is 15.5. The number of carbonyl (C=O) groups is 1. The molecule has 1 aromatic carbocycles. The van der Waals surface area contributed by atoms with E-state index in [0.717, 1.165) is 37.6 Å². The molecule has 1 saturated carbocycles. The zero-order valence-corrected chi connectivity index (χ0v) is 13.6. The van der Waals surface area contributed by atoms with E-state index in [-0.39, 0.29) is 23.3 Å². The molecule has 4 rings (SSSR count). The Hall–Kier alpha value is -1.40. The van der Waals surface area contributed by atoms with Crippen LogP contribution in [-0.4, -0.2) is 29.0 Å². The summed E-state index contributed by atoms with van der Waals surface area (Å²) in [5, 5.41) is 7.49. The molecule has 1 aliphatic heterocycles. The standard InChI is InChI=1S/C16H17BrFN3O/c17-11-6-9(18)7-12-10(11)8-13(20-12)15(22)21-14-2-1-5-19-16(14)3-4-16/h6-8,14,19-20H,1-5H2,(H,21,22). The van der Waals surface area contributed by atoms with Gasteiger partial charge in [-0.1, -0.05) is 0 Å². The first kappa shape index (κ1) is 14.2. The summed E-state index contributed by atoms with van der Waals surface area (Å²) in [5.41, 5.74) is 1.22. The van der Waals surface area contributed by atoms with Crippen molar-refractivity contribution in [2.45, 2.75) is 37.3 Å². The Balaban J connectivity index is 1.59. The number of halogens is 2. The Morgan fingerprint density at radius 1 is 1.36 bits per heavy atom. The summed E-state index contributed by atoms with van der Waals surface area (Å²) >= 11 is 3.34. The fourth-order valence-corrected chi connectivity index (χ4v) is 3.98. The minimum atomic E-state index is -0.332. The molecule has 6 heteroatoms. The summed E-state index contributed by atoms with van der Waals surface area (Å²) in [5.74, 6) is -0.454. The Bertz CT molecular complexity index is 753. The minimum Gasteiger partial charge on any atom is -0.350 e. The van der Waals surface area contributed by atoms with Gasteiger partial charge >= 0.3 is 0 Å². The summed E-state index contributed by atoms with van der Waals surface area (Å²) in [7, 11) is 0. The van der Waals surface area contributed by atoms with Crippen LogP contribution in [0.1, 0.15) is 36.2 Å². The van der Waals surface area contributed by atoms with Crippen LogP contribution < -0.4 is 10.6 Å². The predicted molar refractivity (Wildman–Crippen MR) is 86.4 cm³/mol. The summed E-state index contributed by atoms with van der Waals surface area (Å²) in [6.07, 6.45) is 4.34. The lowest BCUT2D eigenvalue weighted by molar-refractivity contribution is 0.0908. The number of aromatic amines is 1. The lowest BCUT2D eigenvalue weighted by Gasteiger charge is -2.33. The summed E-state index contributed by atoms with van der Waals surface area (Å²) < 4.78 is 14.1. The van der Waals surface area contributed by atoms with Gasteiger partial charge in [0.25, 0.3) is 5.91 Å². The van der Waals surface area contributed by atoms with Crippen LogP contribution in [0.4, 0.5) is 4.39 Å². The summed E-state index contributed by atoms with van der Waals surface area (Å²) in [6, 6.07) is 4.76. The number of rotatable bonds is 2. The third-order valence-electron chi connectivity index (χ3n) is 4.80. The number of hydrogen-bond donors (Lipinski definition) is 3. The molecule has 3 N–H and O–H groups in total. The van der Waals surface area contributed by atoms with Gasteiger partial charge in [-0.3, -0.25) is 4.79 Å². The Morgan fingerprint density at radius 3 is 2.95 bits per heavy atom. The maximum Gasteiger partial charge on any atom is 0.268 e. The van der Waals surface area contributed by atoms with Gasteiger partial charge in [0.15, 0.2) is 0 Å². The predicted octanol–water partition coefficient (Wildman–Crippen LogP) is 3.08. The highest BCUT2D eigenvalue weighted by atomic mass is 79.9. The van der Waals surface area contributed by atoms with Crippen molar-refractivity contribution in [2.24, 2.45) is 0 Å². The van der Waals surface area contributed by atoms with Gasteiger partial charge in [0.05, 0.1) is 5.52 Å². The van der Waals surface area contributed by atoms with Gasteiger partial charge in [0.2, 0.25) is 0 Å². The molecule has 1 aromatic heterocycles. The number of amides is 1. The molecule has 2 aromatic rings. The zero-order chi connectivity index (χ0) is 15.3. The van der Waals surface area contributed by atoms with Crippen molar-refractivity contribution >= 4 is 32.7 Å². The number of hydrogen-bond acceptors (Lipinski definition) is 2. The maximum atomic E-state index is 13.4. The van der Waals surface area contributed by atoms with Crippen LogP contribution in [0.25, 0.3) is 10.9 Å². The Morgan fingerprint density at radius 2 is 2.18 bits per heavy atom. The number of carbonyl (C=O) groups excluding carboxylic acids is 1. The Labute approximate surface area is 136 Å². The van der Waals surface area contributed by atoms with E-state index >= 15 is 0 Å². The van der Waals surface area contributed by atoms with E-state index in [9.17, 15) is 9.18 Å². The zero-order valence-electron chi connectivity index (χ0n) is 12.0. The van der Waals surface area contributed by atoms with E-state index in [1.165, 1.54) is 12.1 Å². The van der Waals surface area contributed by atoms with Crippen molar-refractivity contribution in [2.75, 3.05) is 6.54 Å². The van der Waals surface area contributed by atoms with Crippen LogP contribution in [0.15, 0.2) is 22.7 Å². The molecular formula is C16H17BrFN3O. The molecule has 1 amide bonds. The van der Waals surface area contributed by atoms with Gasteiger partial charge in [0, 0.05) is 21.4 Å². The van der Waals surface area contributed by atoms with Crippen molar-refractivity contribution in [1.29, 1.82) is 0 Å². The molecule has 1 atom stereocenters. The van der Waals surface area contributed by atoms with Gasteiger partial charge < -0.3 is 15.6 Å². The van der Waals surface area contributed by atoms with Crippen LogP contribution >= 0.6 is 15.9 Å². The van der Waals surface area contributed by atoms with Gasteiger partial charge in [-0.25, -0.2) is 4.39 Å². The van der Waals surface area contributed by atoms with Gasteiger partial charge in [-0.2, -0.15) is 0 Å². The van der Waals surface area contributed by atoms with E-state index in [0.29, 0.717) is 15.7 Å². The number of piperidine rings is 1. The topological polar surface area (TPSA) is 56.9 Å². The second-order valence-corrected chi connectivity index (χ2v) is 7.14. The molecule has 1 unspecified atom stereocenters. The third kappa shape index (κ3) is 2.34. The number of H-pyrrole nitrogens is 1. The first-order valence-corrected chi connectivity index (χ1v) is 8.40. The van der Waals surface area contributed by atoms with Gasteiger partial charge in [-0.05, 0) is 66.4 Å². The number of nitrogens with one attached hydrogen (secondary N) is 3. The average molecular weight is 366 g/mol. The van der Waals surface area contributed by atoms with E-state index in [4.69, 9.17) is 0 Å². The smallest absolute Gasteiger partial charge is 0.268 e. The minimum absolute atomic E-state index is 0.118. The normalized spacial score (nSPS) is 22.9. The lowest BCUT2D eigenvalue weighted by atomic mass is 9.96. The molecule has 4 nitrogen and oxygen atoms in total. The Kier molecular flexibility index (Phi) is 3.27. The third-order valence-corrected chi connectivity index (χ3v) is 5.46. The van der Waals surface area contributed by atoms with Crippen molar-refractivity contribution < 1.29 is 9.18 Å². The van der Waals surface area contributed by atoms with Crippen molar-refractivity contribution in [3.8, 4) is 0 Å². The molecule has 0 bridgehead atoms. The first-order chi connectivity index (χ1) is 10.6. The van der Waals surface area contributed by atoms with Crippen molar-refractivity contribution in [3.63, 3.8) is 0 Å². The van der Waals surface area contributed by atoms with E-state index in [2.05, 4.69) is 31.5 Å². The SMILES string of the molecule is O=C(NC1CCCNC12CC2)c1cc2c(Br)cc(F)cc2[nH]1. The molecule has 0 radical (unpaired) electrons. The van der Waals surface area contributed by atoms with E-state index in [1.54, 1.807) is 6.07 Å². The van der Waals surface area contributed by atoms with Crippen LogP contribution in [0.2, 0.25) is 0 Å². The molecule has 2 aliphatic rings. The fourth-order valence-electron chi connectivity index (χ4n) is 3.43. The fraction of sp³-hybridized carbons (Fsp3) is 0.438. The monoisotopic (exact) mass is 365 g/mol. The van der Waals surface area contributed by atoms with Crippen LogP contribution in [-0.2, 0) is 0 Å². The molecule has 116 valence electrons. The first-order valence-electron chi connectivity index (χ1n) is 7.61. The largest absolute Gasteiger partial charge is 0.350 e. The molecule has 1 spiro atoms. The van der Waals surface area contributed by atoms with Gasteiger partial charge in [-0.15, -0.1) is 0 Å². The van der Waals surface area contributed by atoms with E-state index in [1.807, 2.05) is 0 Å². The quantitative estimate of drug-likeness (QED) is 0.765. The van der Waals surface area contributed by atoms with Crippen molar-refractivity contribution in [3.05, 3.63) is 34.2 Å². The van der Waals surface area contributed by atoms with Gasteiger partial charge in [0.1, 0.15) is 11.5 Å². The molecule has 1 aliphatic carbocycles. The molecule has 22 heavy (non-hydrogen) atoms. The second-order valence-electron chi connectivity index (χ2n) is 6.28. The van der Waals surface area contributed by atoms with Crippen molar-refractivity contribution in [1.82, 2.24) is 15.6 Å². The van der Waals surface area contributed by atoms with Crippen LogP contribution in [0.5, 0.6) is 0 Å². The van der Waals surface area contributed by atoms with Crippen LogP contribution in [0.3, 0.4) is 0 Å².